The summed E-state index contributed by atoms with van der Waals surface area (Å²) in [6, 6.07) is 4.94. The van der Waals surface area contributed by atoms with Crippen molar-refractivity contribution in [2.75, 3.05) is 33.5 Å². The number of ether oxygens (including phenoxy) is 3. The van der Waals surface area contributed by atoms with Crippen molar-refractivity contribution >= 4 is 0 Å². The zero-order valence-electron chi connectivity index (χ0n) is 14.2. The van der Waals surface area contributed by atoms with Crippen LogP contribution in [0.5, 0.6) is 5.75 Å². The topological polar surface area (TPSA) is 67.1 Å². The molecule has 1 atom stereocenters. The summed E-state index contributed by atoms with van der Waals surface area (Å²) in [6.07, 6.45) is 5.58. The van der Waals surface area contributed by atoms with E-state index in [0.717, 1.165) is 30.6 Å². The van der Waals surface area contributed by atoms with Crippen LogP contribution in [0.4, 0.5) is 4.39 Å². The summed E-state index contributed by atoms with van der Waals surface area (Å²) in [5.74, 6) is 0.517. The van der Waals surface area contributed by atoms with Gasteiger partial charge < -0.3 is 19.1 Å². The molecule has 0 aromatic heterocycles. The average molecular weight is 347 g/mol. The fourth-order valence-electron chi connectivity index (χ4n) is 3.22. The molecule has 0 amide bonds. The molecule has 1 saturated heterocycles. The summed E-state index contributed by atoms with van der Waals surface area (Å²) in [5, 5.41) is 3.29. The van der Waals surface area contributed by atoms with Crippen LogP contribution in [0.3, 0.4) is 0 Å². The minimum atomic E-state index is -0.305. The zero-order chi connectivity index (χ0) is 17.6. The van der Waals surface area contributed by atoms with Gasteiger partial charge in [-0.05, 0) is 36.6 Å². The van der Waals surface area contributed by atoms with E-state index in [4.69, 9.17) is 19.7 Å². The minimum absolute atomic E-state index is 0.0817. The number of rotatable bonds is 7. The number of benzene rings is 1. The van der Waals surface area contributed by atoms with Crippen LogP contribution < -0.4 is 4.74 Å². The van der Waals surface area contributed by atoms with Crippen molar-refractivity contribution in [3.8, 4) is 5.75 Å². The molecule has 1 N–H and O–H groups in total. The highest BCUT2D eigenvalue weighted by Gasteiger charge is 2.29. The van der Waals surface area contributed by atoms with Crippen molar-refractivity contribution < 1.29 is 18.6 Å². The maximum Gasteiger partial charge on any atom is 0.233 e. The zero-order valence-corrected chi connectivity index (χ0v) is 14.2. The van der Waals surface area contributed by atoms with Crippen LogP contribution in [0.1, 0.15) is 24.4 Å². The summed E-state index contributed by atoms with van der Waals surface area (Å²) in [6.45, 7) is 2.10. The first-order chi connectivity index (χ1) is 12.2. The third-order valence-electron chi connectivity index (χ3n) is 4.35. The molecule has 2 aliphatic rings. The molecule has 1 fully saturated rings. The highest BCUT2D eigenvalue weighted by atomic mass is 19.1. The van der Waals surface area contributed by atoms with Crippen molar-refractivity contribution in [3.63, 3.8) is 0 Å². The van der Waals surface area contributed by atoms with Gasteiger partial charge in [0.15, 0.2) is 0 Å². The Labute approximate surface area is 146 Å². The highest BCUT2D eigenvalue weighted by Crippen LogP contribution is 2.37. The summed E-state index contributed by atoms with van der Waals surface area (Å²) < 4.78 is 30.0. The summed E-state index contributed by atoms with van der Waals surface area (Å²) in [7, 11) is 1.60. The number of nitrogens with one attached hydrogen (secondary N) is 1. The van der Waals surface area contributed by atoms with Gasteiger partial charge in [0.1, 0.15) is 24.8 Å². The second-order valence-corrected chi connectivity index (χ2v) is 5.98. The van der Waals surface area contributed by atoms with E-state index in [1.807, 2.05) is 12.1 Å². The number of nitrogens with zero attached hydrogens (tertiary/aromatic N) is 2. The van der Waals surface area contributed by atoms with Crippen LogP contribution in [0.15, 0.2) is 47.0 Å². The number of allylic oxidation sites excluding steroid dienone is 2. The Morgan fingerprint density at radius 1 is 1.32 bits per heavy atom. The van der Waals surface area contributed by atoms with Crippen LogP contribution in [-0.4, -0.2) is 38.4 Å². The van der Waals surface area contributed by atoms with Gasteiger partial charge in [-0.1, -0.05) is 0 Å². The van der Waals surface area contributed by atoms with Crippen molar-refractivity contribution in [3.05, 3.63) is 53.3 Å². The predicted molar refractivity (Wildman–Crippen MR) is 89.7 cm³/mol. The lowest BCUT2D eigenvalue weighted by Crippen LogP contribution is -2.26. The van der Waals surface area contributed by atoms with E-state index < -0.39 is 0 Å². The largest absolute Gasteiger partial charge is 0.491 e. The van der Waals surface area contributed by atoms with Crippen molar-refractivity contribution in [2.45, 2.75) is 18.9 Å². The lowest BCUT2D eigenvalue weighted by Gasteiger charge is -2.30. The van der Waals surface area contributed by atoms with Crippen molar-refractivity contribution in [2.24, 2.45) is 5.11 Å². The Morgan fingerprint density at radius 2 is 2.20 bits per heavy atom. The molecule has 0 aliphatic carbocycles. The van der Waals surface area contributed by atoms with Gasteiger partial charge in [-0.3, -0.25) is 0 Å². The van der Waals surface area contributed by atoms with Gasteiger partial charge in [-0.2, -0.15) is 0 Å². The van der Waals surface area contributed by atoms with Gasteiger partial charge in [-0.25, -0.2) is 9.92 Å². The average Bonchev–Trinajstić information content (AvgIpc) is 3.11. The monoisotopic (exact) mass is 347 g/mol. The maximum atomic E-state index is 14.0. The molecule has 0 bridgehead atoms. The van der Waals surface area contributed by atoms with Crippen LogP contribution in [-0.2, 0) is 9.47 Å². The van der Waals surface area contributed by atoms with Gasteiger partial charge in [0.05, 0.1) is 18.3 Å². The van der Waals surface area contributed by atoms with E-state index in [0.29, 0.717) is 31.5 Å². The quantitative estimate of drug-likeness (QED) is 0.602. The Morgan fingerprint density at radius 3 is 2.92 bits per heavy atom. The highest BCUT2D eigenvalue weighted by molar-refractivity contribution is 5.33. The number of hydrogen-bond acceptors (Lipinski definition) is 6. The van der Waals surface area contributed by atoms with Gasteiger partial charge in [-0.15, -0.1) is 5.11 Å². The molecule has 1 aromatic carbocycles. The smallest absolute Gasteiger partial charge is 0.233 e. The molecular formula is C18H22FN3O3. The molecule has 1 aromatic rings. The van der Waals surface area contributed by atoms with Crippen LogP contribution in [0.25, 0.3) is 0 Å². The SMILES string of the molecule is COCCOc1cc(F)cc([C@H]2CCCN2C2=CC=C(N=N)OC2)c1. The molecule has 134 valence electrons. The first-order valence-electron chi connectivity index (χ1n) is 8.31. The number of methoxy groups -OCH3 is 1. The molecule has 3 rings (SSSR count). The van der Waals surface area contributed by atoms with Crippen molar-refractivity contribution in [1.29, 1.82) is 5.53 Å². The van der Waals surface area contributed by atoms with Crippen molar-refractivity contribution in [1.82, 2.24) is 4.90 Å². The van der Waals surface area contributed by atoms with E-state index in [1.54, 1.807) is 19.3 Å². The van der Waals surface area contributed by atoms with E-state index >= 15 is 0 Å². The van der Waals surface area contributed by atoms with E-state index in [1.165, 1.54) is 6.07 Å². The summed E-state index contributed by atoms with van der Waals surface area (Å²) >= 11 is 0. The molecule has 25 heavy (non-hydrogen) atoms. The predicted octanol–water partition coefficient (Wildman–Crippen LogP) is 3.77. The lowest BCUT2D eigenvalue weighted by atomic mass is 10.0. The Hall–Kier alpha value is -2.41. The molecule has 0 saturated carbocycles. The Bertz CT molecular complexity index is 690. The van der Waals surface area contributed by atoms with Gasteiger partial charge in [0.25, 0.3) is 0 Å². The first-order valence-corrected chi connectivity index (χ1v) is 8.31. The molecular weight excluding hydrogens is 325 g/mol. The normalized spacial score (nSPS) is 19.9. The molecule has 2 heterocycles. The maximum absolute atomic E-state index is 14.0. The number of halogens is 1. The summed E-state index contributed by atoms with van der Waals surface area (Å²) in [4.78, 5) is 2.23. The third-order valence-corrected chi connectivity index (χ3v) is 4.35. The first kappa shape index (κ1) is 17.4. The van der Waals surface area contributed by atoms with Gasteiger partial charge >= 0.3 is 0 Å². The molecule has 0 radical (unpaired) electrons. The Balaban J connectivity index is 1.79. The molecule has 0 unspecified atom stereocenters. The molecule has 0 spiro atoms. The van der Waals surface area contributed by atoms with Crippen LogP contribution >= 0.6 is 0 Å². The molecule has 6 nitrogen and oxygen atoms in total. The van der Waals surface area contributed by atoms with Gasteiger partial charge in [0.2, 0.25) is 5.88 Å². The second-order valence-electron chi connectivity index (χ2n) is 5.98. The fraction of sp³-hybridized carbons (Fsp3) is 0.444. The summed E-state index contributed by atoms with van der Waals surface area (Å²) in [5.41, 5.74) is 8.90. The van der Waals surface area contributed by atoms with Gasteiger partial charge in [0, 0.05) is 25.8 Å². The standard InChI is InChI=1S/C18H22FN3O3/c1-23-7-8-24-16-10-13(9-14(19)11-16)17-3-2-6-22(17)15-4-5-18(21-20)25-12-15/h4-5,9-11,17,20H,2-3,6-8,12H2,1H3/t17-/m1/s1. The fourth-order valence-corrected chi connectivity index (χ4v) is 3.22. The van der Waals surface area contributed by atoms with E-state index in [-0.39, 0.29) is 11.9 Å². The number of likely N-dealkylation sites (tertiary alicyclic amines) is 1. The Kier molecular flexibility index (Phi) is 5.65. The third kappa shape index (κ3) is 4.17. The minimum Gasteiger partial charge on any atom is -0.491 e. The number of hydrogen-bond donors (Lipinski definition) is 1. The second kappa shape index (κ2) is 8.11. The van der Waals surface area contributed by atoms with Crippen LogP contribution in [0, 0.1) is 11.3 Å². The molecule has 7 heteroatoms. The van der Waals surface area contributed by atoms with E-state index in [2.05, 4.69) is 10.0 Å². The van der Waals surface area contributed by atoms with E-state index in [9.17, 15) is 4.39 Å². The lowest BCUT2D eigenvalue weighted by molar-refractivity contribution is 0.146. The van der Waals surface area contributed by atoms with Crippen LogP contribution in [0.2, 0.25) is 0 Å². The molecule has 2 aliphatic heterocycles.